The van der Waals surface area contributed by atoms with E-state index in [4.69, 9.17) is 0 Å². The van der Waals surface area contributed by atoms with E-state index in [0.717, 1.165) is 5.56 Å². The zero-order chi connectivity index (χ0) is 12.3. The molecule has 0 amide bonds. The van der Waals surface area contributed by atoms with E-state index in [9.17, 15) is 13.0 Å². The van der Waals surface area contributed by atoms with Crippen LogP contribution in [0.4, 0.5) is 0 Å². The first-order chi connectivity index (χ1) is 8.07. The second kappa shape index (κ2) is 4.65. The van der Waals surface area contributed by atoms with Gasteiger partial charge >= 0.3 is 0 Å². The Morgan fingerprint density at radius 1 is 1.00 bits per heavy atom. The molecule has 5 heteroatoms. The summed E-state index contributed by atoms with van der Waals surface area (Å²) in [5.41, 5.74) is 0.939. The highest BCUT2D eigenvalue weighted by molar-refractivity contribution is 7.85. The average molecular weight is 249 g/mol. The molecule has 2 aromatic rings. The lowest BCUT2D eigenvalue weighted by atomic mass is 10.2. The summed E-state index contributed by atoms with van der Waals surface area (Å²) < 4.78 is 34.6. The molecule has 0 bridgehead atoms. The fourth-order valence-electron chi connectivity index (χ4n) is 1.60. The molecule has 0 atom stereocenters. The van der Waals surface area contributed by atoms with Crippen molar-refractivity contribution in [3.63, 3.8) is 0 Å². The van der Waals surface area contributed by atoms with Gasteiger partial charge in [0.15, 0.2) is 22.9 Å². The number of nitrogens with zero attached hydrogens (tertiary/aromatic N) is 1. The van der Waals surface area contributed by atoms with Gasteiger partial charge in [0.05, 0.1) is 0 Å². The first kappa shape index (κ1) is 11.8. The molecule has 0 fully saturated rings. The van der Waals surface area contributed by atoms with Gasteiger partial charge in [0, 0.05) is 17.7 Å². The predicted octanol–water partition coefficient (Wildman–Crippen LogP) is 0.927. The third kappa shape index (κ3) is 2.89. The Bertz CT molecular complexity index is 609. The first-order valence-corrected chi connectivity index (χ1v) is 6.46. The summed E-state index contributed by atoms with van der Waals surface area (Å²) in [6.07, 6.45) is 1.58. The van der Waals surface area contributed by atoms with E-state index in [2.05, 4.69) is 0 Å². The largest absolute Gasteiger partial charge is 0.740 e. The van der Waals surface area contributed by atoms with Gasteiger partial charge in [0.1, 0.15) is 0 Å². The van der Waals surface area contributed by atoms with E-state index in [1.165, 1.54) is 16.7 Å². The second-order valence-electron chi connectivity index (χ2n) is 3.61. The van der Waals surface area contributed by atoms with Gasteiger partial charge in [-0.05, 0) is 6.07 Å². The monoisotopic (exact) mass is 249 g/mol. The number of benzene rings is 1. The number of pyridine rings is 1. The zero-order valence-electron chi connectivity index (χ0n) is 8.98. The van der Waals surface area contributed by atoms with Crippen molar-refractivity contribution < 1.29 is 17.5 Å². The highest BCUT2D eigenvalue weighted by Gasteiger charge is 2.15. The van der Waals surface area contributed by atoms with Crippen LogP contribution in [0.2, 0.25) is 0 Å². The molecule has 0 spiro atoms. The minimum Gasteiger partial charge on any atom is -0.740 e. The van der Waals surface area contributed by atoms with Crippen molar-refractivity contribution in [2.45, 2.75) is 11.6 Å². The topological polar surface area (TPSA) is 61.1 Å². The quantitative estimate of drug-likeness (QED) is 0.600. The molecule has 0 saturated heterocycles. The fraction of sp³-hybridized carbons (Fsp3) is 0.0833. The fourth-order valence-corrected chi connectivity index (χ4v) is 2.26. The van der Waals surface area contributed by atoms with Gasteiger partial charge in [-0.25, -0.2) is 8.42 Å². The summed E-state index contributed by atoms with van der Waals surface area (Å²) >= 11 is 0. The van der Waals surface area contributed by atoms with Crippen LogP contribution in [0.15, 0.2) is 59.8 Å². The van der Waals surface area contributed by atoms with Crippen molar-refractivity contribution >= 4 is 10.1 Å². The maximum Gasteiger partial charge on any atom is 0.285 e. The minimum absolute atomic E-state index is 0.219. The van der Waals surface area contributed by atoms with Gasteiger partial charge < -0.3 is 4.55 Å². The van der Waals surface area contributed by atoms with Crippen molar-refractivity contribution in [1.82, 2.24) is 0 Å². The van der Waals surface area contributed by atoms with Gasteiger partial charge in [-0.2, -0.15) is 4.57 Å². The van der Waals surface area contributed by atoms with Crippen molar-refractivity contribution in [3.05, 3.63) is 60.3 Å². The van der Waals surface area contributed by atoms with Crippen LogP contribution in [-0.4, -0.2) is 13.0 Å². The number of aromatic nitrogens is 1. The molecule has 17 heavy (non-hydrogen) atoms. The molecule has 1 aromatic heterocycles. The first-order valence-electron chi connectivity index (χ1n) is 5.06. The van der Waals surface area contributed by atoms with Crippen LogP contribution in [-0.2, 0) is 16.7 Å². The Labute approximate surface area is 99.9 Å². The Hall–Kier alpha value is -1.72. The van der Waals surface area contributed by atoms with Gasteiger partial charge in [0.25, 0.3) is 5.03 Å². The lowest BCUT2D eigenvalue weighted by molar-refractivity contribution is -0.726. The summed E-state index contributed by atoms with van der Waals surface area (Å²) in [4.78, 5) is 0. The molecule has 1 aromatic carbocycles. The molecule has 88 valence electrons. The van der Waals surface area contributed by atoms with Crippen LogP contribution in [0.1, 0.15) is 5.56 Å². The lowest BCUT2D eigenvalue weighted by Crippen LogP contribution is -2.39. The lowest BCUT2D eigenvalue weighted by Gasteiger charge is -2.06. The Balaban J connectivity index is 2.41. The molecule has 0 N–H and O–H groups in total. The van der Waals surface area contributed by atoms with E-state index in [-0.39, 0.29) is 5.03 Å². The number of hydrogen-bond acceptors (Lipinski definition) is 3. The SMILES string of the molecule is O=S(=O)([O-])c1cccc[n+]1Cc1ccccc1. The second-order valence-corrected chi connectivity index (χ2v) is 4.93. The summed E-state index contributed by atoms with van der Waals surface area (Å²) in [5.74, 6) is 0. The maximum absolute atomic E-state index is 11.1. The highest BCUT2D eigenvalue weighted by atomic mass is 32.2. The van der Waals surface area contributed by atoms with Crippen LogP contribution in [0.3, 0.4) is 0 Å². The molecule has 0 aliphatic rings. The van der Waals surface area contributed by atoms with Gasteiger partial charge in [0.2, 0.25) is 0 Å². The summed E-state index contributed by atoms with van der Waals surface area (Å²) in [7, 11) is -4.44. The van der Waals surface area contributed by atoms with E-state index < -0.39 is 10.1 Å². The Morgan fingerprint density at radius 3 is 2.29 bits per heavy atom. The summed E-state index contributed by atoms with van der Waals surface area (Å²) in [6.45, 7) is 0.360. The van der Waals surface area contributed by atoms with Gasteiger partial charge in [-0.15, -0.1) is 0 Å². The molecule has 2 rings (SSSR count). The third-order valence-electron chi connectivity index (χ3n) is 2.35. The third-order valence-corrected chi connectivity index (χ3v) is 3.23. The van der Waals surface area contributed by atoms with Crippen molar-refractivity contribution in [2.75, 3.05) is 0 Å². The van der Waals surface area contributed by atoms with Crippen molar-refractivity contribution in [1.29, 1.82) is 0 Å². The Morgan fingerprint density at radius 2 is 1.65 bits per heavy atom. The molecule has 0 aliphatic heterocycles. The van der Waals surface area contributed by atoms with Crippen LogP contribution < -0.4 is 4.57 Å². The Kier molecular flexibility index (Phi) is 3.21. The molecule has 1 heterocycles. The van der Waals surface area contributed by atoms with Crippen molar-refractivity contribution in [2.24, 2.45) is 0 Å². The minimum atomic E-state index is -4.44. The summed E-state index contributed by atoms with van der Waals surface area (Å²) in [6, 6.07) is 13.9. The maximum atomic E-state index is 11.1. The molecular formula is C12H11NO3S. The molecule has 0 radical (unpaired) electrons. The molecule has 0 unspecified atom stereocenters. The predicted molar refractivity (Wildman–Crippen MR) is 60.1 cm³/mol. The standard InChI is InChI=1S/C12H11NO3S/c14-17(15,16)12-8-4-5-9-13(12)10-11-6-2-1-3-7-11/h1-9H,10H2. The number of hydrogen-bond donors (Lipinski definition) is 0. The summed E-state index contributed by atoms with van der Waals surface area (Å²) in [5, 5.41) is -0.219. The van der Waals surface area contributed by atoms with Crippen LogP contribution in [0, 0.1) is 0 Å². The van der Waals surface area contributed by atoms with Crippen LogP contribution in [0.25, 0.3) is 0 Å². The molecular weight excluding hydrogens is 238 g/mol. The van der Waals surface area contributed by atoms with Gasteiger partial charge in [-0.3, -0.25) is 0 Å². The average Bonchev–Trinajstić information content (AvgIpc) is 2.30. The van der Waals surface area contributed by atoms with Crippen LogP contribution in [0.5, 0.6) is 0 Å². The molecule has 0 saturated carbocycles. The van der Waals surface area contributed by atoms with Crippen molar-refractivity contribution in [3.8, 4) is 0 Å². The molecule has 4 nitrogen and oxygen atoms in total. The smallest absolute Gasteiger partial charge is 0.285 e. The van der Waals surface area contributed by atoms with E-state index in [1.54, 1.807) is 12.3 Å². The van der Waals surface area contributed by atoms with E-state index in [0.29, 0.717) is 6.54 Å². The van der Waals surface area contributed by atoms with Crippen LogP contribution >= 0.6 is 0 Å². The highest BCUT2D eigenvalue weighted by Crippen LogP contribution is 2.03. The zero-order valence-corrected chi connectivity index (χ0v) is 9.80. The van der Waals surface area contributed by atoms with Gasteiger partial charge in [-0.1, -0.05) is 30.3 Å². The van der Waals surface area contributed by atoms with E-state index in [1.807, 2.05) is 30.3 Å². The number of rotatable bonds is 3. The normalized spacial score (nSPS) is 11.4. The van der Waals surface area contributed by atoms with E-state index >= 15 is 0 Å². The molecule has 0 aliphatic carbocycles.